The van der Waals surface area contributed by atoms with Crippen molar-refractivity contribution in [1.29, 1.82) is 0 Å². The molecule has 3 heterocycles. The number of hydrogen-bond acceptors (Lipinski definition) is 9. The molecule has 0 atom stereocenters. The Hall–Kier alpha value is -4.48. The van der Waals surface area contributed by atoms with Gasteiger partial charge in [-0.2, -0.15) is 0 Å². The van der Waals surface area contributed by atoms with Crippen LogP contribution >= 0.6 is 47.8 Å². The molecule has 2 aromatic heterocycles. The standard InChI is InChI=1S/C14H16FN3O.C10H7BrFNO.C9H8BrFO2.C8H6BrFO/c1-10-17-13(9-19-10)11-2-3-12(15)14(8-11)18-6-4-16-5-7-18;1-6-13-10(5-14-6)7-2-3-9(12)8(11)4-7;1-13-5-9(12)6-2-3-8(11)7(10)4-6;1-5(11)6-2-3-8(10)7(9)4-6/h2-3,8-9,16H,4-7H2,1H3;2-5H,1H3;2-4H,5H2,1H3;2-4H,1H3. The Kier molecular flexibility index (Phi) is 17.4. The van der Waals surface area contributed by atoms with Gasteiger partial charge in [0.05, 0.1) is 19.1 Å². The van der Waals surface area contributed by atoms with Crippen molar-refractivity contribution < 1.29 is 40.7 Å². The van der Waals surface area contributed by atoms with E-state index in [0.29, 0.717) is 43.2 Å². The molecule has 0 spiro atoms. The zero-order chi connectivity index (χ0) is 41.6. The van der Waals surface area contributed by atoms with Crippen LogP contribution in [0, 0.1) is 37.1 Å². The van der Waals surface area contributed by atoms with Gasteiger partial charge < -0.3 is 23.8 Å². The van der Waals surface area contributed by atoms with E-state index in [0.717, 1.165) is 43.0 Å². The molecule has 300 valence electrons. The van der Waals surface area contributed by atoms with Crippen LogP contribution < -0.4 is 10.2 Å². The van der Waals surface area contributed by atoms with Crippen LogP contribution in [0.15, 0.2) is 108 Å². The Morgan fingerprint density at radius 1 is 0.702 bits per heavy atom. The van der Waals surface area contributed by atoms with Gasteiger partial charge in [0.15, 0.2) is 23.3 Å². The first-order valence-corrected chi connectivity index (χ1v) is 19.5. The van der Waals surface area contributed by atoms with Crippen LogP contribution in [-0.2, 0) is 4.74 Å². The highest BCUT2D eigenvalue weighted by atomic mass is 79.9. The fourth-order valence-corrected chi connectivity index (χ4v) is 6.20. The molecule has 1 fully saturated rings. The molecule has 1 aliphatic rings. The molecule has 9 nitrogen and oxygen atoms in total. The molecule has 16 heteroatoms. The number of ketones is 2. The average Bonchev–Trinajstić information content (AvgIpc) is 3.84. The molecule has 1 saturated heterocycles. The van der Waals surface area contributed by atoms with E-state index >= 15 is 0 Å². The number of aromatic nitrogens is 2. The van der Waals surface area contributed by atoms with Crippen LogP contribution in [-0.4, -0.2) is 61.4 Å². The summed E-state index contributed by atoms with van der Waals surface area (Å²) >= 11 is 9.10. The summed E-state index contributed by atoms with van der Waals surface area (Å²) in [5, 5.41) is 3.26. The summed E-state index contributed by atoms with van der Waals surface area (Å²) in [6, 6.07) is 18.1. The predicted molar refractivity (Wildman–Crippen MR) is 220 cm³/mol. The molecule has 0 radical (unpaired) electrons. The quantitative estimate of drug-likeness (QED) is 0.123. The minimum Gasteiger partial charge on any atom is -0.449 e. The van der Waals surface area contributed by atoms with Gasteiger partial charge in [0, 0.05) is 69.4 Å². The molecule has 0 bridgehead atoms. The number of halogens is 7. The van der Waals surface area contributed by atoms with Gasteiger partial charge in [0.2, 0.25) is 0 Å². The van der Waals surface area contributed by atoms with E-state index in [1.807, 2.05) is 6.07 Å². The van der Waals surface area contributed by atoms with Crippen molar-refractivity contribution in [3.05, 3.63) is 145 Å². The number of oxazole rings is 2. The summed E-state index contributed by atoms with van der Waals surface area (Å²) in [6.07, 6.45) is 3.15. The number of carbonyl (C=O) groups is 2. The van der Waals surface area contributed by atoms with E-state index in [-0.39, 0.29) is 45.9 Å². The van der Waals surface area contributed by atoms with Gasteiger partial charge in [0.1, 0.15) is 53.8 Å². The number of nitrogens with one attached hydrogen (secondary N) is 1. The van der Waals surface area contributed by atoms with Gasteiger partial charge in [0.25, 0.3) is 0 Å². The second-order valence-corrected chi connectivity index (χ2v) is 14.8. The molecule has 0 saturated carbocycles. The van der Waals surface area contributed by atoms with E-state index in [4.69, 9.17) is 8.83 Å². The van der Waals surface area contributed by atoms with Gasteiger partial charge in [-0.3, -0.25) is 9.59 Å². The van der Waals surface area contributed by atoms with E-state index in [1.165, 1.54) is 62.6 Å². The number of methoxy groups -OCH3 is 1. The van der Waals surface area contributed by atoms with Crippen molar-refractivity contribution in [3.63, 3.8) is 0 Å². The highest BCUT2D eigenvalue weighted by Crippen LogP contribution is 2.28. The largest absolute Gasteiger partial charge is 0.449 e. The Morgan fingerprint density at radius 2 is 1.16 bits per heavy atom. The van der Waals surface area contributed by atoms with Gasteiger partial charge in [-0.15, -0.1) is 0 Å². The summed E-state index contributed by atoms with van der Waals surface area (Å²) in [5.74, 6) is -0.221. The van der Waals surface area contributed by atoms with Crippen molar-refractivity contribution in [1.82, 2.24) is 15.3 Å². The molecule has 1 aliphatic heterocycles. The first-order valence-electron chi connectivity index (χ1n) is 17.1. The maximum atomic E-state index is 14.0. The highest BCUT2D eigenvalue weighted by Gasteiger charge is 2.16. The van der Waals surface area contributed by atoms with Crippen LogP contribution in [0.5, 0.6) is 0 Å². The Bertz CT molecular complexity index is 2300. The summed E-state index contributed by atoms with van der Waals surface area (Å²) in [5.41, 5.74) is 4.76. The number of piperazine rings is 1. The van der Waals surface area contributed by atoms with Crippen molar-refractivity contribution in [3.8, 4) is 22.5 Å². The van der Waals surface area contributed by atoms with Crippen molar-refractivity contribution in [2.75, 3.05) is 44.8 Å². The molecule has 0 unspecified atom stereocenters. The van der Waals surface area contributed by atoms with Crippen LogP contribution in [0.25, 0.3) is 22.5 Å². The summed E-state index contributed by atoms with van der Waals surface area (Å²) in [6.45, 7) is 8.42. The minimum atomic E-state index is -0.381. The third-order valence-corrected chi connectivity index (χ3v) is 9.82. The Balaban J connectivity index is 0.000000172. The molecule has 0 aliphatic carbocycles. The highest BCUT2D eigenvalue weighted by molar-refractivity contribution is 9.11. The predicted octanol–water partition coefficient (Wildman–Crippen LogP) is 11.0. The number of hydrogen-bond donors (Lipinski definition) is 1. The first kappa shape index (κ1) is 45.2. The third kappa shape index (κ3) is 13.6. The fraction of sp³-hybridized carbons (Fsp3) is 0.220. The van der Waals surface area contributed by atoms with Crippen LogP contribution in [0.2, 0.25) is 0 Å². The van der Waals surface area contributed by atoms with E-state index < -0.39 is 0 Å². The number of rotatable bonds is 7. The van der Waals surface area contributed by atoms with Gasteiger partial charge in [-0.05, 0) is 128 Å². The lowest BCUT2D eigenvalue weighted by atomic mass is 10.1. The van der Waals surface area contributed by atoms with Crippen molar-refractivity contribution >= 4 is 65.0 Å². The molecule has 4 aromatic carbocycles. The van der Waals surface area contributed by atoms with Crippen molar-refractivity contribution in [2.45, 2.75) is 20.8 Å². The number of benzene rings is 4. The smallest absolute Gasteiger partial charge is 0.191 e. The van der Waals surface area contributed by atoms with E-state index in [1.54, 1.807) is 44.6 Å². The molecular formula is C41H37Br3F4N4O5. The Morgan fingerprint density at radius 3 is 1.61 bits per heavy atom. The minimum absolute atomic E-state index is 0.0120. The first-order chi connectivity index (χ1) is 27.2. The lowest BCUT2D eigenvalue weighted by molar-refractivity contribution is 0.0847. The average molecular weight is 981 g/mol. The van der Waals surface area contributed by atoms with Crippen LogP contribution in [0.1, 0.15) is 39.4 Å². The number of aryl methyl sites for hydroxylation is 2. The normalized spacial score (nSPS) is 12.0. The molecule has 6 aromatic rings. The monoisotopic (exact) mass is 978 g/mol. The maximum absolute atomic E-state index is 14.0. The number of carbonyl (C=O) groups excluding carboxylic acids is 2. The summed E-state index contributed by atoms with van der Waals surface area (Å²) < 4.78 is 68.2. The summed E-state index contributed by atoms with van der Waals surface area (Å²) in [7, 11) is 1.44. The lowest BCUT2D eigenvalue weighted by Crippen LogP contribution is -2.43. The number of nitrogens with zero attached hydrogens (tertiary/aromatic N) is 3. The van der Waals surface area contributed by atoms with Gasteiger partial charge >= 0.3 is 0 Å². The second-order valence-electron chi connectivity index (χ2n) is 12.2. The maximum Gasteiger partial charge on any atom is 0.191 e. The number of anilines is 1. The number of ether oxygens (including phenoxy) is 1. The second kappa shape index (κ2) is 21.9. The molecule has 57 heavy (non-hydrogen) atoms. The molecule has 0 amide bonds. The summed E-state index contributed by atoms with van der Waals surface area (Å²) in [4.78, 5) is 32.5. The van der Waals surface area contributed by atoms with E-state index in [9.17, 15) is 27.2 Å². The third-order valence-electron chi connectivity index (χ3n) is 8.00. The zero-order valence-electron chi connectivity index (χ0n) is 31.1. The molecule has 7 rings (SSSR count). The van der Waals surface area contributed by atoms with Gasteiger partial charge in [-0.25, -0.2) is 27.5 Å². The number of Topliss-reactive ketones (excluding diaryl/α,β-unsaturated/α-hetero) is 2. The fourth-order valence-electron chi connectivity index (χ4n) is 5.07. The Labute approximate surface area is 352 Å². The lowest BCUT2D eigenvalue weighted by Gasteiger charge is -2.29. The van der Waals surface area contributed by atoms with Crippen molar-refractivity contribution in [2.24, 2.45) is 0 Å². The SMILES string of the molecule is CC(=O)c1ccc(F)c(Br)c1.COCC(=O)c1ccc(F)c(Br)c1.Cc1nc(-c2ccc(F)c(Br)c2)co1.Cc1nc(-c2ccc(F)c(N3CCNCC3)c2)co1. The molecular weight excluding hydrogens is 944 g/mol. The molecule has 1 N–H and O–H groups in total. The topological polar surface area (TPSA) is 111 Å². The zero-order valence-corrected chi connectivity index (χ0v) is 35.9. The van der Waals surface area contributed by atoms with Gasteiger partial charge in [-0.1, -0.05) is 0 Å². The van der Waals surface area contributed by atoms with Crippen LogP contribution in [0.4, 0.5) is 23.2 Å². The van der Waals surface area contributed by atoms with Crippen LogP contribution in [0.3, 0.4) is 0 Å². The van der Waals surface area contributed by atoms with E-state index in [2.05, 4.69) is 72.7 Å².